The number of hydroxylamine groups is 2. The van der Waals surface area contributed by atoms with Crippen molar-refractivity contribution >= 4 is 19.3 Å². The molecule has 2 rings (SSSR count). The van der Waals surface area contributed by atoms with Crippen LogP contribution in [0.5, 0.6) is 0 Å². The van der Waals surface area contributed by atoms with Crippen LogP contribution in [-0.2, 0) is 0 Å². The van der Waals surface area contributed by atoms with Crippen LogP contribution in [0.4, 0.5) is 11.4 Å². The Kier molecular flexibility index (Phi) is 3.95. The lowest BCUT2D eigenvalue weighted by molar-refractivity contribution is -0.384. The van der Waals surface area contributed by atoms with Gasteiger partial charge >= 0.3 is 0 Å². The van der Waals surface area contributed by atoms with E-state index in [1.54, 1.807) is 12.1 Å². The van der Waals surface area contributed by atoms with Crippen molar-refractivity contribution in [2.24, 2.45) is 0 Å². The summed E-state index contributed by atoms with van der Waals surface area (Å²) in [5.74, 6) is 0. The van der Waals surface area contributed by atoms with Gasteiger partial charge < -0.3 is 9.85 Å². The van der Waals surface area contributed by atoms with Gasteiger partial charge in [-0.15, -0.1) is 0 Å². The molecule has 0 aliphatic carbocycles. The third-order valence-electron chi connectivity index (χ3n) is 3.53. The molecule has 0 radical (unpaired) electrons. The lowest BCUT2D eigenvalue weighted by atomic mass is 10.2. The molecule has 6 heteroatoms. The molecular formula is C12H17N2O3P. The number of hydrogen-bond acceptors (Lipinski definition) is 3. The Bertz CT molecular complexity index is 427. The van der Waals surface area contributed by atoms with Gasteiger partial charge in [-0.2, -0.15) is 0 Å². The molecule has 0 unspecified atom stereocenters. The molecule has 0 saturated carbocycles. The lowest BCUT2D eigenvalue weighted by Gasteiger charge is -2.46. The van der Waals surface area contributed by atoms with Crippen LogP contribution in [0.2, 0.25) is 0 Å². The standard InChI is InChI=1S/C12H17N2O3P/c1-2-18-9-7-14(17,8-10-18)12-5-3-11(4-6-12)13(15)16/h3-6H,2,7-10H2,1H3. The van der Waals surface area contributed by atoms with Crippen molar-refractivity contribution in [2.45, 2.75) is 6.92 Å². The summed E-state index contributed by atoms with van der Waals surface area (Å²) in [6, 6.07) is 6.05. The van der Waals surface area contributed by atoms with Gasteiger partial charge in [-0.05, 0) is 6.16 Å². The fraction of sp³-hybridized carbons (Fsp3) is 0.500. The number of nitrogens with zero attached hydrogens (tertiary/aromatic N) is 2. The zero-order valence-corrected chi connectivity index (χ0v) is 11.3. The van der Waals surface area contributed by atoms with E-state index in [0.717, 1.165) is 12.3 Å². The Hall–Kier alpha value is -1.03. The maximum atomic E-state index is 12.6. The molecule has 1 heterocycles. The Morgan fingerprint density at radius 3 is 2.28 bits per heavy atom. The molecule has 1 fully saturated rings. The normalized spacial score (nSPS) is 28.0. The summed E-state index contributed by atoms with van der Waals surface area (Å²) < 4.78 is -0.323. The van der Waals surface area contributed by atoms with Crippen LogP contribution >= 0.6 is 7.92 Å². The third kappa shape index (κ3) is 2.69. The fourth-order valence-corrected chi connectivity index (χ4v) is 4.32. The molecule has 1 aliphatic heterocycles. The van der Waals surface area contributed by atoms with Crippen LogP contribution in [0.25, 0.3) is 0 Å². The number of hydrogen-bond donors (Lipinski definition) is 0. The highest BCUT2D eigenvalue weighted by Gasteiger charge is 2.28. The molecule has 5 nitrogen and oxygen atoms in total. The van der Waals surface area contributed by atoms with Crippen molar-refractivity contribution in [2.75, 3.05) is 31.6 Å². The molecule has 1 aromatic rings. The van der Waals surface area contributed by atoms with E-state index in [-0.39, 0.29) is 18.3 Å². The molecule has 98 valence electrons. The van der Waals surface area contributed by atoms with Crippen molar-refractivity contribution in [1.29, 1.82) is 0 Å². The molecule has 18 heavy (non-hydrogen) atoms. The van der Waals surface area contributed by atoms with Crippen molar-refractivity contribution < 1.29 is 4.92 Å². The highest BCUT2D eigenvalue weighted by atomic mass is 31.1. The average Bonchev–Trinajstić information content (AvgIpc) is 2.40. The smallest absolute Gasteiger partial charge is 0.269 e. The van der Waals surface area contributed by atoms with Crippen LogP contribution in [-0.4, -0.2) is 36.5 Å². The molecule has 1 aromatic carbocycles. The Balaban J connectivity index is 2.13. The van der Waals surface area contributed by atoms with E-state index in [0.29, 0.717) is 18.8 Å². The number of nitro benzene ring substituents is 1. The number of benzene rings is 1. The van der Waals surface area contributed by atoms with Gasteiger partial charge in [0.1, 0.15) is 5.69 Å². The molecule has 1 saturated heterocycles. The summed E-state index contributed by atoms with van der Waals surface area (Å²) in [6.07, 6.45) is 3.20. The zero-order chi connectivity index (χ0) is 13.2. The van der Waals surface area contributed by atoms with Gasteiger partial charge in [0.25, 0.3) is 5.69 Å². The predicted molar refractivity (Wildman–Crippen MR) is 75.2 cm³/mol. The summed E-state index contributed by atoms with van der Waals surface area (Å²) >= 11 is 0. The van der Waals surface area contributed by atoms with Crippen molar-refractivity contribution in [1.82, 2.24) is 4.65 Å². The topological polar surface area (TPSA) is 66.2 Å². The molecule has 1 aliphatic rings. The van der Waals surface area contributed by atoms with Crippen LogP contribution in [0.3, 0.4) is 0 Å². The SMILES string of the molecule is CCP1CC[N+]([O-])(c2ccc([N+](=O)[O-])cc2)CC1. The first-order chi connectivity index (χ1) is 8.55. The van der Waals surface area contributed by atoms with Gasteiger partial charge in [0.05, 0.1) is 18.0 Å². The second-order valence-corrected chi connectivity index (χ2v) is 7.41. The predicted octanol–water partition coefficient (Wildman–Crippen LogP) is 2.92. The molecule has 0 atom stereocenters. The Morgan fingerprint density at radius 1 is 1.28 bits per heavy atom. The maximum Gasteiger partial charge on any atom is 0.269 e. The van der Waals surface area contributed by atoms with E-state index in [1.165, 1.54) is 18.3 Å². The molecule has 0 N–H and O–H groups in total. The van der Waals surface area contributed by atoms with E-state index in [1.807, 2.05) is 0 Å². The number of nitro groups is 1. The lowest BCUT2D eigenvalue weighted by Crippen LogP contribution is -2.50. The van der Waals surface area contributed by atoms with Gasteiger partial charge in [0.15, 0.2) is 0 Å². The van der Waals surface area contributed by atoms with E-state index in [2.05, 4.69) is 6.92 Å². The molecule has 0 spiro atoms. The first-order valence-corrected chi connectivity index (χ1v) is 8.00. The third-order valence-corrected chi connectivity index (χ3v) is 6.09. The second kappa shape index (κ2) is 5.31. The van der Waals surface area contributed by atoms with Crippen molar-refractivity contribution in [3.63, 3.8) is 0 Å². The summed E-state index contributed by atoms with van der Waals surface area (Å²) in [4.78, 5) is 10.1. The minimum atomic E-state index is -0.439. The minimum absolute atomic E-state index is 0.0400. The zero-order valence-electron chi connectivity index (χ0n) is 10.4. The summed E-state index contributed by atoms with van der Waals surface area (Å²) in [5.41, 5.74) is 0.685. The molecule has 0 aromatic heterocycles. The maximum absolute atomic E-state index is 12.6. The first kappa shape index (κ1) is 13.4. The summed E-state index contributed by atoms with van der Waals surface area (Å²) in [5, 5.41) is 23.2. The average molecular weight is 268 g/mol. The quantitative estimate of drug-likeness (QED) is 0.278. The monoisotopic (exact) mass is 268 g/mol. The minimum Gasteiger partial charge on any atom is -0.627 e. The highest BCUT2D eigenvalue weighted by Crippen LogP contribution is 2.41. The van der Waals surface area contributed by atoms with Crippen LogP contribution < -0.4 is 4.65 Å². The van der Waals surface area contributed by atoms with E-state index < -0.39 is 4.92 Å². The van der Waals surface area contributed by atoms with Crippen molar-refractivity contribution in [3.8, 4) is 0 Å². The summed E-state index contributed by atoms with van der Waals surface area (Å²) in [7, 11) is 0.0413. The van der Waals surface area contributed by atoms with E-state index in [4.69, 9.17) is 0 Å². The van der Waals surface area contributed by atoms with Gasteiger partial charge in [-0.1, -0.05) is 14.8 Å². The van der Waals surface area contributed by atoms with E-state index in [9.17, 15) is 15.3 Å². The molecule has 0 bridgehead atoms. The molecular weight excluding hydrogens is 251 g/mol. The van der Waals surface area contributed by atoms with Gasteiger partial charge in [-0.3, -0.25) is 10.1 Å². The second-order valence-electron chi connectivity index (χ2n) is 4.54. The van der Waals surface area contributed by atoms with Crippen LogP contribution in [0, 0.1) is 15.3 Å². The Labute approximate surface area is 107 Å². The number of rotatable bonds is 3. The van der Waals surface area contributed by atoms with Gasteiger partial charge in [0, 0.05) is 36.6 Å². The summed E-state index contributed by atoms with van der Waals surface area (Å²) in [6.45, 7) is 3.40. The van der Waals surface area contributed by atoms with Crippen LogP contribution in [0.15, 0.2) is 24.3 Å². The van der Waals surface area contributed by atoms with E-state index >= 15 is 0 Å². The van der Waals surface area contributed by atoms with Crippen molar-refractivity contribution in [3.05, 3.63) is 39.6 Å². The van der Waals surface area contributed by atoms with Crippen LogP contribution in [0.1, 0.15) is 6.92 Å². The number of quaternary nitrogens is 1. The molecule has 0 amide bonds. The Morgan fingerprint density at radius 2 is 1.83 bits per heavy atom. The first-order valence-electron chi connectivity index (χ1n) is 6.10. The van der Waals surface area contributed by atoms with Gasteiger partial charge in [-0.25, -0.2) is 0 Å². The largest absolute Gasteiger partial charge is 0.627 e. The highest BCUT2D eigenvalue weighted by molar-refractivity contribution is 7.57. The number of non-ortho nitro benzene ring substituents is 1. The fourth-order valence-electron chi connectivity index (χ4n) is 2.25. The van der Waals surface area contributed by atoms with Gasteiger partial charge in [0.2, 0.25) is 0 Å².